The molecule has 0 radical (unpaired) electrons. The molecule has 1 fully saturated rings. The summed E-state index contributed by atoms with van der Waals surface area (Å²) in [6.07, 6.45) is 2.68. The van der Waals surface area contributed by atoms with E-state index in [1.165, 1.54) is 0 Å². The van der Waals surface area contributed by atoms with E-state index in [0.29, 0.717) is 13.2 Å². The number of carboxylic acid groups (broad SMARTS) is 1. The van der Waals surface area contributed by atoms with Crippen LogP contribution in [0.3, 0.4) is 0 Å². The smallest absolute Gasteiger partial charge is 0.323 e. The Morgan fingerprint density at radius 3 is 2.78 bits per heavy atom. The lowest BCUT2D eigenvalue weighted by Crippen LogP contribution is -2.48. The monoisotopic (exact) mass is 249 g/mol. The van der Waals surface area contributed by atoms with Crippen LogP contribution < -0.4 is 5.32 Å². The van der Waals surface area contributed by atoms with E-state index in [4.69, 9.17) is 4.74 Å². The Labute approximate surface area is 107 Å². The third kappa shape index (κ3) is 3.55. The number of benzene rings is 1. The Balaban J connectivity index is 1.92. The van der Waals surface area contributed by atoms with Gasteiger partial charge in [-0.25, -0.2) is 0 Å². The van der Waals surface area contributed by atoms with Crippen LogP contribution in [-0.2, 0) is 16.1 Å². The van der Waals surface area contributed by atoms with Crippen molar-refractivity contribution in [3.8, 4) is 0 Å². The van der Waals surface area contributed by atoms with Crippen molar-refractivity contribution in [3.63, 3.8) is 0 Å². The third-order valence-electron chi connectivity index (χ3n) is 3.22. The molecule has 4 nitrogen and oxygen atoms in total. The zero-order chi connectivity index (χ0) is 12.8. The topological polar surface area (TPSA) is 58.6 Å². The van der Waals surface area contributed by atoms with Crippen LogP contribution in [0.2, 0.25) is 0 Å². The zero-order valence-electron chi connectivity index (χ0n) is 10.3. The van der Waals surface area contributed by atoms with Gasteiger partial charge in [0.25, 0.3) is 0 Å². The number of ether oxygens (including phenoxy) is 1. The highest BCUT2D eigenvalue weighted by molar-refractivity contribution is 5.74. The van der Waals surface area contributed by atoms with Gasteiger partial charge in [-0.05, 0) is 24.8 Å². The van der Waals surface area contributed by atoms with Crippen LogP contribution >= 0.6 is 0 Å². The molecule has 4 heteroatoms. The van der Waals surface area contributed by atoms with Crippen molar-refractivity contribution < 1.29 is 14.6 Å². The molecule has 18 heavy (non-hydrogen) atoms. The standard InChI is InChI=1S/C14H19NO3/c16-14(17)13(12-8-4-5-9-18-12)15-10-11-6-2-1-3-7-11/h1-3,6-7,12-13,15H,4-5,8-10H2,(H,16,17)/t12-,13-/m1/s1. The van der Waals surface area contributed by atoms with Crippen molar-refractivity contribution in [1.82, 2.24) is 5.32 Å². The van der Waals surface area contributed by atoms with Gasteiger partial charge in [0.05, 0.1) is 6.10 Å². The van der Waals surface area contributed by atoms with Gasteiger partial charge in [0.1, 0.15) is 6.04 Å². The molecule has 0 spiro atoms. The molecule has 0 bridgehead atoms. The maximum atomic E-state index is 11.3. The maximum Gasteiger partial charge on any atom is 0.323 e. The largest absolute Gasteiger partial charge is 0.480 e. The minimum atomic E-state index is -0.835. The molecular formula is C14H19NO3. The zero-order valence-corrected chi connectivity index (χ0v) is 10.3. The van der Waals surface area contributed by atoms with Crippen LogP contribution in [0, 0.1) is 0 Å². The van der Waals surface area contributed by atoms with E-state index >= 15 is 0 Å². The Bertz CT molecular complexity index is 374. The highest BCUT2D eigenvalue weighted by atomic mass is 16.5. The van der Waals surface area contributed by atoms with E-state index in [-0.39, 0.29) is 6.10 Å². The lowest BCUT2D eigenvalue weighted by molar-refractivity contribution is -0.145. The van der Waals surface area contributed by atoms with Crippen LogP contribution in [0.15, 0.2) is 30.3 Å². The molecule has 2 rings (SSSR count). The Morgan fingerprint density at radius 2 is 2.17 bits per heavy atom. The van der Waals surface area contributed by atoms with Crippen molar-refractivity contribution in [1.29, 1.82) is 0 Å². The molecule has 1 heterocycles. The third-order valence-corrected chi connectivity index (χ3v) is 3.22. The predicted octanol–water partition coefficient (Wildman–Crippen LogP) is 1.80. The first-order valence-electron chi connectivity index (χ1n) is 6.39. The number of hydrogen-bond acceptors (Lipinski definition) is 3. The first kappa shape index (κ1) is 13.1. The fraction of sp³-hybridized carbons (Fsp3) is 0.500. The molecule has 0 aromatic heterocycles. The second-order valence-corrected chi connectivity index (χ2v) is 4.59. The quantitative estimate of drug-likeness (QED) is 0.835. The summed E-state index contributed by atoms with van der Waals surface area (Å²) in [6, 6.07) is 9.18. The van der Waals surface area contributed by atoms with Crippen LogP contribution in [0.1, 0.15) is 24.8 Å². The second-order valence-electron chi connectivity index (χ2n) is 4.59. The normalized spacial score (nSPS) is 21.4. The summed E-state index contributed by atoms with van der Waals surface area (Å²) in [5.41, 5.74) is 1.08. The molecular weight excluding hydrogens is 230 g/mol. The van der Waals surface area contributed by atoms with Crippen molar-refractivity contribution in [2.45, 2.75) is 38.0 Å². The fourth-order valence-electron chi connectivity index (χ4n) is 2.23. The summed E-state index contributed by atoms with van der Waals surface area (Å²) < 4.78 is 5.55. The molecule has 1 aromatic rings. The fourth-order valence-corrected chi connectivity index (χ4v) is 2.23. The number of aliphatic carboxylic acids is 1. The molecule has 1 aromatic carbocycles. The summed E-state index contributed by atoms with van der Waals surface area (Å²) >= 11 is 0. The first-order valence-corrected chi connectivity index (χ1v) is 6.39. The molecule has 0 unspecified atom stereocenters. The number of carbonyl (C=O) groups is 1. The lowest BCUT2D eigenvalue weighted by Gasteiger charge is -2.28. The van der Waals surface area contributed by atoms with Gasteiger partial charge in [0.2, 0.25) is 0 Å². The van der Waals surface area contributed by atoms with E-state index in [0.717, 1.165) is 24.8 Å². The van der Waals surface area contributed by atoms with Crippen molar-refractivity contribution in [2.24, 2.45) is 0 Å². The average molecular weight is 249 g/mol. The van der Waals surface area contributed by atoms with Crippen molar-refractivity contribution >= 4 is 5.97 Å². The molecule has 2 atom stereocenters. The maximum absolute atomic E-state index is 11.3. The average Bonchev–Trinajstić information content (AvgIpc) is 2.41. The molecule has 0 aliphatic carbocycles. The minimum Gasteiger partial charge on any atom is -0.480 e. The molecule has 2 N–H and O–H groups in total. The van der Waals surface area contributed by atoms with Gasteiger partial charge in [-0.15, -0.1) is 0 Å². The highest BCUT2D eigenvalue weighted by Gasteiger charge is 2.29. The molecule has 0 amide bonds. The van der Waals surface area contributed by atoms with E-state index < -0.39 is 12.0 Å². The number of rotatable bonds is 5. The molecule has 1 aliphatic rings. The van der Waals surface area contributed by atoms with E-state index in [9.17, 15) is 9.90 Å². The lowest BCUT2D eigenvalue weighted by atomic mass is 10.0. The molecule has 0 saturated carbocycles. The van der Waals surface area contributed by atoms with Gasteiger partial charge < -0.3 is 9.84 Å². The summed E-state index contributed by atoms with van der Waals surface area (Å²) in [6.45, 7) is 1.22. The van der Waals surface area contributed by atoms with Gasteiger partial charge in [0, 0.05) is 13.2 Å². The molecule has 98 valence electrons. The highest BCUT2D eigenvalue weighted by Crippen LogP contribution is 2.16. The van der Waals surface area contributed by atoms with Gasteiger partial charge in [-0.3, -0.25) is 10.1 Å². The summed E-state index contributed by atoms with van der Waals surface area (Å²) in [7, 11) is 0. The summed E-state index contributed by atoms with van der Waals surface area (Å²) in [5.74, 6) is -0.835. The molecule has 1 saturated heterocycles. The first-order chi connectivity index (χ1) is 8.77. The Kier molecular flexibility index (Phi) is 4.73. The van der Waals surface area contributed by atoms with Crippen molar-refractivity contribution in [2.75, 3.05) is 6.61 Å². The van der Waals surface area contributed by atoms with Gasteiger partial charge in [-0.2, -0.15) is 0 Å². The Morgan fingerprint density at radius 1 is 1.39 bits per heavy atom. The van der Waals surface area contributed by atoms with Crippen LogP contribution in [0.5, 0.6) is 0 Å². The minimum absolute atomic E-state index is 0.208. The number of hydrogen-bond donors (Lipinski definition) is 2. The van der Waals surface area contributed by atoms with Crippen molar-refractivity contribution in [3.05, 3.63) is 35.9 Å². The van der Waals surface area contributed by atoms with E-state index in [1.807, 2.05) is 30.3 Å². The molecule has 1 aliphatic heterocycles. The summed E-state index contributed by atoms with van der Waals surface area (Å²) in [5, 5.41) is 12.3. The van der Waals surface area contributed by atoms with E-state index in [1.54, 1.807) is 0 Å². The van der Waals surface area contributed by atoms with Crippen LogP contribution in [-0.4, -0.2) is 29.8 Å². The van der Waals surface area contributed by atoms with Gasteiger partial charge in [0.15, 0.2) is 0 Å². The predicted molar refractivity (Wildman–Crippen MR) is 68.3 cm³/mol. The second kappa shape index (κ2) is 6.52. The Hall–Kier alpha value is -1.39. The number of carboxylic acids is 1. The van der Waals surface area contributed by atoms with Crippen LogP contribution in [0.25, 0.3) is 0 Å². The number of nitrogens with one attached hydrogen (secondary N) is 1. The van der Waals surface area contributed by atoms with Gasteiger partial charge in [-0.1, -0.05) is 30.3 Å². The van der Waals surface area contributed by atoms with E-state index in [2.05, 4.69) is 5.32 Å². The summed E-state index contributed by atoms with van der Waals surface area (Å²) in [4.78, 5) is 11.3. The SMILES string of the molecule is O=C(O)[C@H](NCc1ccccc1)[C@H]1CCCCO1. The van der Waals surface area contributed by atoms with Crippen LogP contribution in [0.4, 0.5) is 0 Å². The van der Waals surface area contributed by atoms with Gasteiger partial charge >= 0.3 is 5.97 Å².